The molecule has 3 fully saturated rings. The summed E-state index contributed by atoms with van der Waals surface area (Å²) in [6.07, 6.45) is 9.89. The summed E-state index contributed by atoms with van der Waals surface area (Å²) >= 11 is 6.41. The molecule has 2 aromatic carbocycles. The van der Waals surface area contributed by atoms with Gasteiger partial charge in [-0.1, -0.05) is 36.7 Å². The lowest BCUT2D eigenvalue weighted by molar-refractivity contribution is -0.146. The lowest BCUT2D eigenvalue weighted by atomic mass is 9.63. The fourth-order valence-corrected chi connectivity index (χ4v) is 10.5. The summed E-state index contributed by atoms with van der Waals surface area (Å²) in [6.45, 7) is 14.1. The number of nitrogens with zero attached hydrogens (tertiary/aromatic N) is 3. The van der Waals surface area contributed by atoms with Gasteiger partial charge in [0.25, 0.3) is 5.91 Å². The Kier molecular flexibility index (Phi) is 11.5. The highest BCUT2D eigenvalue weighted by Gasteiger charge is 2.49. The third-order valence-corrected chi connectivity index (χ3v) is 15.1. The van der Waals surface area contributed by atoms with E-state index in [2.05, 4.69) is 38.5 Å². The Morgan fingerprint density at radius 2 is 1.79 bits per heavy atom. The number of benzene rings is 2. The molecule has 1 aliphatic carbocycles. The number of allylic oxidation sites excluding steroid dienone is 1. The number of carbonyl (C=O) groups excluding carboxylic acids is 1. The summed E-state index contributed by atoms with van der Waals surface area (Å²) in [5, 5.41) is -0.0640. The summed E-state index contributed by atoms with van der Waals surface area (Å²) in [7, 11) is -2.11. The Labute approximate surface area is 321 Å². The second-order valence-electron chi connectivity index (χ2n) is 16.4. The maximum absolute atomic E-state index is 13.6. The third-order valence-electron chi connectivity index (χ3n) is 13.0. The third kappa shape index (κ3) is 8.17. The average molecular weight is 769 g/mol. The molecular weight excluding hydrogens is 712 g/mol. The van der Waals surface area contributed by atoms with Gasteiger partial charge in [0.2, 0.25) is 10.0 Å². The van der Waals surface area contributed by atoms with Crippen LogP contribution in [0, 0.1) is 17.8 Å². The molecule has 2 aromatic rings. The van der Waals surface area contributed by atoms with Gasteiger partial charge in [-0.15, -0.1) is 0 Å². The van der Waals surface area contributed by atoms with E-state index in [1.54, 1.807) is 13.0 Å². The zero-order chi connectivity index (χ0) is 37.4. The van der Waals surface area contributed by atoms with Crippen molar-refractivity contribution in [1.29, 1.82) is 0 Å². The quantitative estimate of drug-likeness (QED) is 0.380. The number of anilines is 1. The maximum atomic E-state index is 13.6. The number of sulfonamides is 1. The van der Waals surface area contributed by atoms with Gasteiger partial charge < -0.3 is 19.1 Å². The minimum atomic E-state index is -3.96. The SMILES string of the molecule is CO[C@]1(CN2CCN(C3(C)COC3)CC2)/C=C/C[C@H](C)[C@@H](C)S(=O)(=O)NC(=O)c2ccc3c(c2)N(CCCCc2cc(Cl)ccc2CO3)C[C@@H]2CC[C@H]21. The molecule has 0 spiro atoms. The van der Waals surface area contributed by atoms with Crippen molar-refractivity contribution in [3.63, 3.8) is 0 Å². The van der Waals surface area contributed by atoms with Crippen molar-refractivity contribution in [1.82, 2.24) is 14.5 Å². The smallest absolute Gasteiger partial charge is 0.264 e. The van der Waals surface area contributed by atoms with Gasteiger partial charge in [0.1, 0.15) is 18.0 Å². The average Bonchev–Trinajstić information content (AvgIpc) is 3.14. The molecule has 53 heavy (non-hydrogen) atoms. The molecule has 290 valence electrons. The van der Waals surface area contributed by atoms with Crippen molar-refractivity contribution in [2.24, 2.45) is 17.8 Å². The van der Waals surface area contributed by atoms with Gasteiger partial charge in [0.15, 0.2) is 0 Å². The number of fused-ring (bicyclic) bond motifs is 3. The van der Waals surface area contributed by atoms with Crippen LogP contribution in [0.4, 0.5) is 5.69 Å². The summed E-state index contributed by atoms with van der Waals surface area (Å²) in [5.74, 6) is 0.446. The van der Waals surface area contributed by atoms with Crippen molar-refractivity contribution >= 4 is 33.2 Å². The first-order valence-electron chi connectivity index (χ1n) is 19.5. The largest absolute Gasteiger partial charge is 0.487 e. The fourth-order valence-electron chi connectivity index (χ4n) is 9.01. The standard InChI is InChI=1S/C41H57ClN4O6S/c1-29-8-7-16-41(50-4,26-44-18-20-46(21-19-44)40(3)27-51-28-40)36-14-11-33(36)24-45-17-6-5-9-31-22-35(42)13-10-34(31)25-52-38-15-12-32(23-37(38)45)39(47)43-53(48,49)30(29)2/h7,10,12-13,15-16,22-23,29-30,33,36H,5-6,8-9,11,14,17-21,24-28H2,1-4H3,(H,43,47)/b16-7+/t29-,30+,33-,36+,41-/m0/s1. The van der Waals surface area contributed by atoms with Gasteiger partial charge >= 0.3 is 0 Å². The lowest BCUT2D eigenvalue weighted by Crippen LogP contribution is -2.65. The van der Waals surface area contributed by atoms with Crippen LogP contribution in [0.3, 0.4) is 0 Å². The Morgan fingerprint density at radius 3 is 2.49 bits per heavy atom. The van der Waals surface area contributed by atoms with Gasteiger partial charge in [-0.2, -0.15) is 0 Å². The topological polar surface area (TPSA) is 101 Å². The summed E-state index contributed by atoms with van der Waals surface area (Å²) in [4.78, 5) is 21.1. The molecule has 10 nitrogen and oxygen atoms in total. The molecule has 0 unspecified atom stereocenters. The summed E-state index contributed by atoms with van der Waals surface area (Å²) in [6, 6.07) is 11.3. The molecule has 12 heteroatoms. The van der Waals surface area contributed by atoms with Gasteiger partial charge in [0.05, 0.1) is 29.7 Å². The molecule has 7 rings (SSSR count). The van der Waals surface area contributed by atoms with Crippen LogP contribution in [-0.2, 0) is 32.5 Å². The van der Waals surface area contributed by atoms with Crippen molar-refractivity contribution in [3.8, 4) is 5.75 Å². The van der Waals surface area contributed by atoms with E-state index < -0.39 is 26.8 Å². The number of hydrogen-bond donors (Lipinski definition) is 1. The molecule has 0 aromatic heterocycles. The number of amides is 1. The van der Waals surface area contributed by atoms with Crippen LogP contribution in [0.25, 0.3) is 0 Å². The molecule has 1 N–H and O–H groups in total. The highest BCUT2D eigenvalue weighted by molar-refractivity contribution is 7.90. The van der Waals surface area contributed by atoms with Gasteiger partial charge in [0, 0.05) is 63.5 Å². The van der Waals surface area contributed by atoms with E-state index in [1.807, 2.05) is 44.4 Å². The highest BCUT2D eigenvalue weighted by atomic mass is 35.5. The molecule has 1 saturated carbocycles. The van der Waals surface area contributed by atoms with E-state index in [4.69, 9.17) is 25.8 Å². The molecule has 0 radical (unpaired) electrons. The summed E-state index contributed by atoms with van der Waals surface area (Å²) < 4.78 is 48.4. The first kappa shape index (κ1) is 38.6. The van der Waals surface area contributed by atoms with Crippen LogP contribution >= 0.6 is 11.6 Å². The molecule has 4 aliphatic heterocycles. The lowest BCUT2D eigenvalue weighted by Gasteiger charge is -2.53. The van der Waals surface area contributed by atoms with Crippen molar-refractivity contribution in [3.05, 3.63) is 70.3 Å². The number of halogens is 1. The van der Waals surface area contributed by atoms with E-state index in [1.165, 1.54) is 5.56 Å². The first-order valence-corrected chi connectivity index (χ1v) is 21.5. The Morgan fingerprint density at radius 1 is 1.00 bits per heavy atom. The van der Waals surface area contributed by atoms with E-state index in [0.29, 0.717) is 30.3 Å². The normalized spacial score (nSPS) is 31.6. The highest BCUT2D eigenvalue weighted by Crippen LogP contribution is 2.47. The van der Waals surface area contributed by atoms with E-state index >= 15 is 0 Å². The zero-order valence-corrected chi connectivity index (χ0v) is 33.4. The summed E-state index contributed by atoms with van der Waals surface area (Å²) in [5.41, 5.74) is 3.00. The number of rotatable bonds is 4. The molecule has 4 heterocycles. The molecule has 2 bridgehead atoms. The predicted molar refractivity (Wildman–Crippen MR) is 209 cm³/mol. The van der Waals surface area contributed by atoms with Crippen LogP contribution in [0.2, 0.25) is 5.02 Å². The van der Waals surface area contributed by atoms with E-state index in [-0.39, 0.29) is 17.4 Å². The molecular formula is C41H57ClN4O6S. The van der Waals surface area contributed by atoms with E-state index in [9.17, 15) is 13.2 Å². The van der Waals surface area contributed by atoms with Crippen molar-refractivity contribution in [2.45, 2.75) is 82.3 Å². The maximum Gasteiger partial charge on any atom is 0.264 e. The zero-order valence-electron chi connectivity index (χ0n) is 31.8. The number of aryl methyl sites for hydroxylation is 1. The minimum Gasteiger partial charge on any atom is -0.487 e. The number of hydrogen-bond acceptors (Lipinski definition) is 9. The molecule has 5 atom stereocenters. The van der Waals surface area contributed by atoms with Gasteiger partial charge in [-0.25, -0.2) is 13.1 Å². The second kappa shape index (κ2) is 15.8. The van der Waals surface area contributed by atoms with Crippen LogP contribution in [-0.4, -0.2) is 107 Å². The number of methoxy groups -OCH3 is 1. The van der Waals surface area contributed by atoms with Crippen LogP contribution < -0.4 is 14.4 Å². The van der Waals surface area contributed by atoms with Crippen LogP contribution in [0.1, 0.15) is 74.4 Å². The van der Waals surface area contributed by atoms with E-state index in [0.717, 1.165) is 107 Å². The Hall–Kier alpha value is -2.67. The number of nitrogens with one attached hydrogen (secondary N) is 1. The van der Waals surface area contributed by atoms with Gasteiger partial charge in [-0.3, -0.25) is 14.6 Å². The van der Waals surface area contributed by atoms with Crippen LogP contribution in [0.5, 0.6) is 5.75 Å². The second-order valence-corrected chi connectivity index (χ2v) is 18.9. The van der Waals surface area contributed by atoms with Crippen molar-refractivity contribution < 1.29 is 27.4 Å². The first-order chi connectivity index (χ1) is 25.4. The number of carbonyl (C=O) groups is 1. The van der Waals surface area contributed by atoms with Crippen LogP contribution in [0.15, 0.2) is 48.6 Å². The van der Waals surface area contributed by atoms with Crippen molar-refractivity contribution in [2.75, 3.05) is 71.0 Å². The molecule has 5 aliphatic rings. The Balaban J connectivity index is 1.23. The van der Waals surface area contributed by atoms with Gasteiger partial charge in [-0.05, 0) is 112 Å². The Bertz CT molecular complexity index is 1780. The fraction of sp³-hybridized carbons (Fsp3) is 0.634. The number of piperazine rings is 1. The minimum absolute atomic E-state index is 0.136. The number of ether oxygens (including phenoxy) is 3. The monoisotopic (exact) mass is 768 g/mol. The molecule has 1 amide bonds. The predicted octanol–water partition coefficient (Wildman–Crippen LogP) is 5.92. The molecule has 2 saturated heterocycles.